The van der Waals surface area contributed by atoms with Gasteiger partial charge in [-0.15, -0.1) is 13.2 Å². The Labute approximate surface area is 207 Å². The molecule has 0 saturated heterocycles. The Bertz CT molecular complexity index is 473. The second kappa shape index (κ2) is 28.4. The van der Waals surface area contributed by atoms with Gasteiger partial charge in [-0.3, -0.25) is 4.57 Å². The Morgan fingerprint density at radius 2 is 1.12 bits per heavy atom. The fraction of sp³-hybridized carbons (Fsp3) is 0.778. The average molecular weight is 484 g/mol. The van der Waals surface area contributed by atoms with E-state index in [2.05, 4.69) is 73.7 Å². The molecular weight excluding hydrogens is 415 g/mol. The highest BCUT2D eigenvalue weighted by Gasteiger charge is 2.05. The van der Waals surface area contributed by atoms with E-state index in [0.717, 1.165) is 35.9 Å². The summed E-state index contributed by atoms with van der Waals surface area (Å²) in [6, 6.07) is 0. The fourth-order valence-corrected chi connectivity index (χ4v) is 1.91. The third-order valence-electron chi connectivity index (χ3n) is 3.13. The van der Waals surface area contributed by atoms with Gasteiger partial charge in [0.15, 0.2) is 7.37 Å². The SMILES string of the molecule is C.C.C.C.C.C=C(C)CCN(C)C.C=C(C)CCOP(C)(C)=O.C=C(C)CC[N+](C)(C)C. The van der Waals surface area contributed by atoms with Gasteiger partial charge in [-0.2, -0.15) is 0 Å². The minimum atomic E-state index is -2.26. The van der Waals surface area contributed by atoms with Crippen molar-refractivity contribution in [2.75, 3.05) is 68.3 Å². The van der Waals surface area contributed by atoms with Gasteiger partial charge in [-0.1, -0.05) is 60.4 Å². The van der Waals surface area contributed by atoms with Gasteiger partial charge in [0.25, 0.3) is 0 Å². The van der Waals surface area contributed by atoms with Gasteiger partial charge in [0, 0.05) is 26.3 Å². The van der Waals surface area contributed by atoms with Crippen molar-refractivity contribution in [1.29, 1.82) is 0 Å². The van der Waals surface area contributed by atoms with Crippen LogP contribution < -0.4 is 0 Å². The van der Waals surface area contributed by atoms with Crippen LogP contribution in [0.5, 0.6) is 0 Å². The van der Waals surface area contributed by atoms with E-state index in [4.69, 9.17) is 4.52 Å². The highest BCUT2D eigenvalue weighted by molar-refractivity contribution is 7.57. The van der Waals surface area contributed by atoms with Crippen molar-refractivity contribution in [2.45, 2.75) is 77.2 Å². The van der Waals surface area contributed by atoms with Gasteiger partial charge < -0.3 is 13.9 Å². The molecule has 0 saturated carbocycles. The summed E-state index contributed by atoms with van der Waals surface area (Å²) in [5, 5.41) is 0. The molecule has 0 radical (unpaired) electrons. The summed E-state index contributed by atoms with van der Waals surface area (Å²) >= 11 is 0. The summed E-state index contributed by atoms with van der Waals surface area (Å²) < 4.78 is 17.0. The number of nitrogens with zero attached hydrogens (tertiary/aromatic N) is 2. The summed E-state index contributed by atoms with van der Waals surface area (Å²) in [4.78, 5) is 2.16. The molecule has 0 atom stereocenters. The first-order valence-corrected chi connectivity index (χ1v) is 12.1. The number of quaternary nitrogens is 1. The summed E-state index contributed by atoms with van der Waals surface area (Å²) in [6.45, 7) is 23.5. The molecule has 0 bridgehead atoms. The first-order chi connectivity index (χ1) is 12.0. The Morgan fingerprint density at radius 1 is 0.781 bits per heavy atom. The second-order valence-electron chi connectivity index (χ2n) is 9.02. The lowest BCUT2D eigenvalue weighted by atomic mass is 10.2. The molecule has 5 heteroatoms. The summed E-state index contributed by atoms with van der Waals surface area (Å²) in [5.74, 6) is 0. The maximum atomic E-state index is 10.9. The van der Waals surface area contributed by atoms with Gasteiger partial charge in [-0.25, -0.2) is 0 Å². The van der Waals surface area contributed by atoms with Crippen LogP contribution in [0.1, 0.15) is 77.2 Å². The molecule has 4 nitrogen and oxygen atoms in total. The van der Waals surface area contributed by atoms with Gasteiger partial charge in [0.2, 0.25) is 0 Å². The van der Waals surface area contributed by atoms with E-state index in [9.17, 15) is 4.57 Å². The topological polar surface area (TPSA) is 29.5 Å². The highest BCUT2D eigenvalue weighted by Crippen LogP contribution is 2.37. The quantitative estimate of drug-likeness (QED) is 0.176. The summed E-state index contributed by atoms with van der Waals surface area (Å²) in [5.41, 5.74) is 3.61. The van der Waals surface area contributed by atoms with Crippen LogP contribution in [0.15, 0.2) is 36.5 Å². The Balaban J connectivity index is -0.0000000419. The smallest absolute Gasteiger partial charge is 0.197 e. The van der Waals surface area contributed by atoms with E-state index in [-0.39, 0.29) is 37.1 Å². The van der Waals surface area contributed by atoms with E-state index in [0.29, 0.717) is 6.61 Å². The molecule has 0 aliphatic rings. The fourth-order valence-electron chi connectivity index (χ4n) is 1.38. The van der Waals surface area contributed by atoms with E-state index in [1.807, 2.05) is 6.92 Å². The molecule has 0 amide bonds. The Kier molecular flexibility index (Phi) is 46.9. The molecule has 0 fully saturated rings. The highest BCUT2D eigenvalue weighted by atomic mass is 31.2. The van der Waals surface area contributed by atoms with Crippen LogP contribution in [-0.2, 0) is 9.09 Å². The molecule has 0 aliphatic heterocycles. The van der Waals surface area contributed by atoms with Gasteiger partial charge in [0.1, 0.15) is 0 Å². The van der Waals surface area contributed by atoms with Crippen molar-refractivity contribution >= 4 is 7.37 Å². The average Bonchev–Trinajstić information content (AvgIpc) is 2.42. The molecule has 0 rings (SSSR count). The van der Waals surface area contributed by atoms with Crippen molar-refractivity contribution in [2.24, 2.45) is 0 Å². The normalized spacial score (nSPS) is 9.34. The maximum absolute atomic E-state index is 10.9. The van der Waals surface area contributed by atoms with Gasteiger partial charge in [-0.05, 0) is 47.7 Å². The van der Waals surface area contributed by atoms with Crippen molar-refractivity contribution in [3.63, 3.8) is 0 Å². The molecule has 0 aliphatic carbocycles. The van der Waals surface area contributed by atoms with Crippen LogP contribution in [0.3, 0.4) is 0 Å². The lowest BCUT2D eigenvalue weighted by Crippen LogP contribution is -2.35. The lowest BCUT2D eigenvalue weighted by Gasteiger charge is -2.23. The Hall–Kier alpha value is -0.670. The van der Waals surface area contributed by atoms with Crippen LogP contribution in [0, 0.1) is 0 Å². The zero-order valence-electron chi connectivity index (χ0n) is 20.0. The van der Waals surface area contributed by atoms with Crippen molar-refractivity contribution in [3.8, 4) is 0 Å². The largest absolute Gasteiger partial charge is 0.331 e. The molecule has 0 aromatic carbocycles. The zero-order valence-corrected chi connectivity index (χ0v) is 20.9. The Morgan fingerprint density at radius 3 is 1.28 bits per heavy atom. The van der Waals surface area contributed by atoms with Crippen molar-refractivity contribution < 1.29 is 13.6 Å². The van der Waals surface area contributed by atoms with Crippen molar-refractivity contribution in [1.82, 2.24) is 4.90 Å². The summed E-state index contributed by atoms with van der Waals surface area (Å²) in [6.07, 6.45) is 3.06. The van der Waals surface area contributed by atoms with Gasteiger partial charge in [0.05, 0.1) is 34.3 Å². The van der Waals surface area contributed by atoms with Crippen LogP contribution in [-0.4, -0.2) is 77.6 Å². The molecule has 0 aromatic rings. The summed E-state index contributed by atoms with van der Waals surface area (Å²) in [7, 11) is 8.47. The van der Waals surface area contributed by atoms with E-state index in [1.165, 1.54) is 17.7 Å². The van der Waals surface area contributed by atoms with Crippen molar-refractivity contribution in [3.05, 3.63) is 36.5 Å². The van der Waals surface area contributed by atoms with E-state index in [1.54, 1.807) is 13.3 Å². The molecule has 202 valence electrons. The minimum Gasteiger partial charge on any atom is -0.331 e. The first kappa shape index (κ1) is 53.0. The van der Waals surface area contributed by atoms with Crippen LogP contribution in [0.25, 0.3) is 0 Å². The molecule has 32 heavy (non-hydrogen) atoms. The van der Waals surface area contributed by atoms with Gasteiger partial charge >= 0.3 is 0 Å². The lowest BCUT2D eigenvalue weighted by molar-refractivity contribution is -0.870. The molecule has 0 N–H and O–H groups in total. The van der Waals surface area contributed by atoms with E-state index >= 15 is 0 Å². The molecular formula is C27H68N2O2P+. The van der Waals surface area contributed by atoms with Crippen LogP contribution in [0.4, 0.5) is 0 Å². The second-order valence-corrected chi connectivity index (χ2v) is 11.8. The van der Waals surface area contributed by atoms with E-state index < -0.39 is 7.37 Å². The number of rotatable bonds is 10. The monoisotopic (exact) mass is 484 g/mol. The molecule has 0 heterocycles. The van der Waals surface area contributed by atoms with Crippen LogP contribution in [0.2, 0.25) is 0 Å². The zero-order chi connectivity index (χ0) is 22.3. The first-order valence-electron chi connectivity index (χ1n) is 9.54. The molecule has 0 unspecified atom stereocenters. The standard InChI is InChI=1S/C8H18N.C7H15N.C7H15O2P.5CH4/c1-8(2)6-7-9(3,4)5;1-7(2)5-6-8(3)4;1-7(2)5-6-9-10(3,4)8;;;;;/h1,6-7H2,2-5H3;1,5-6H2,2-4H3;1,5-6H2,2-4H3;5*1H4/q+1;;;;;;;. The van der Waals surface area contributed by atoms with Crippen LogP contribution >= 0.6 is 7.37 Å². The third-order valence-corrected chi connectivity index (χ3v) is 3.93. The predicted octanol–water partition coefficient (Wildman–Crippen LogP) is 8.86. The molecule has 0 spiro atoms. The maximum Gasteiger partial charge on any atom is 0.197 e. The third kappa shape index (κ3) is 78.4. The predicted molar refractivity (Wildman–Crippen MR) is 159 cm³/mol. The number of hydrogen-bond acceptors (Lipinski definition) is 3. The minimum absolute atomic E-state index is 0. The number of hydrogen-bond donors (Lipinski definition) is 0. The molecule has 0 aromatic heterocycles.